The highest BCUT2D eigenvalue weighted by Crippen LogP contribution is 2.17. The molecule has 3 N–H and O–H groups in total. The largest absolute Gasteiger partial charge is 0.465 e. The number of nitrogens with one attached hydrogen (secondary N) is 1. The quantitative estimate of drug-likeness (QED) is 0.455. The third-order valence-electron chi connectivity index (χ3n) is 3.81. The number of esters is 3. The second-order valence-electron chi connectivity index (χ2n) is 5.98. The lowest BCUT2D eigenvalue weighted by Crippen LogP contribution is -2.21. The van der Waals surface area contributed by atoms with E-state index >= 15 is 0 Å². The molecule has 31 heavy (non-hydrogen) atoms. The van der Waals surface area contributed by atoms with Gasteiger partial charge in [0.25, 0.3) is 5.91 Å². The molecule has 0 aliphatic rings. The summed E-state index contributed by atoms with van der Waals surface area (Å²) in [6.07, 6.45) is 0. The number of hydrogen-bond donors (Lipinski definition) is 2. The number of rotatable bonds is 7. The minimum Gasteiger partial charge on any atom is -0.465 e. The lowest BCUT2D eigenvalue weighted by Gasteiger charge is -2.10. The Kier molecular flexibility index (Phi) is 7.45. The van der Waals surface area contributed by atoms with Crippen LogP contribution in [0.25, 0.3) is 0 Å². The molecule has 0 aliphatic heterocycles. The summed E-state index contributed by atoms with van der Waals surface area (Å²) in [5.74, 6) is -3.12. The maximum Gasteiger partial charge on any atom is 0.338 e. The average molecular weight is 450 g/mol. The predicted molar refractivity (Wildman–Crippen MR) is 106 cm³/mol. The van der Waals surface area contributed by atoms with Crippen molar-refractivity contribution in [2.75, 3.05) is 26.1 Å². The van der Waals surface area contributed by atoms with Crippen molar-refractivity contribution in [3.05, 3.63) is 59.2 Å². The fourth-order valence-electron chi connectivity index (χ4n) is 2.36. The van der Waals surface area contributed by atoms with Crippen LogP contribution in [-0.4, -0.2) is 53.1 Å². The topological polar surface area (TPSA) is 168 Å². The molecule has 12 heteroatoms. The molecule has 11 nitrogen and oxygen atoms in total. The lowest BCUT2D eigenvalue weighted by atomic mass is 10.1. The van der Waals surface area contributed by atoms with Crippen molar-refractivity contribution in [1.29, 1.82) is 0 Å². The van der Waals surface area contributed by atoms with Crippen molar-refractivity contribution in [3.8, 4) is 0 Å². The molecule has 0 radical (unpaired) electrons. The molecule has 1 amide bonds. The first kappa shape index (κ1) is 23.5. The van der Waals surface area contributed by atoms with Crippen molar-refractivity contribution in [3.63, 3.8) is 0 Å². The Morgan fingerprint density at radius 1 is 0.839 bits per heavy atom. The summed E-state index contributed by atoms with van der Waals surface area (Å²) in [5, 5.41) is 7.37. The molecule has 164 valence electrons. The average Bonchev–Trinajstić information content (AvgIpc) is 2.75. The van der Waals surface area contributed by atoms with Gasteiger partial charge in [-0.15, -0.1) is 0 Å². The normalized spacial score (nSPS) is 10.7. The molecule has 0 aromatic heterocycles. The van der Waals surface area contributed by atoms with Crippen LogP contribution in [0.3, 0.4) is 0 Å². The fraction of sp³-hybridized carbons (Fsp3) is 0.158. The van der Waals surface area contributed by atoms with Crippen molar-refractivity contribution in [2.24, 2.45) is 5.14 Å². The summed E-state index contributed by atoms with van der Waals surface area (Å²) in [7, 11) is -1.60. The Morgan fingerprint density at radius 2 is 1.35 bits per heavy atom. The molecule has 0 aliphatic carbocycles. The highest BCUT2D eigenvalue weighted by atomic mass is 32.2. The van der Waals surface area contributed by atoms with Gasteiger partial charge < -0.3 is 19.5 Å². The van der Waals surface area contributed by atoms with E-state index in [1.54, 1.807) is 0 Å². The number of ether oxygens (including phenoxy) is 3. The van der Waals surface area contributed by atoms with Gasteiger partial charge in [0.2, 0.25) is 10.0 Å². The summed E-state index contributed by atoms with van der Waals surface area (Å²) in [6, 6.07) is 8.38. The van der Waals surface area contributed by atoms with Gasteiger partial charge in [-0.25, -0.2) is 27.9 Å². The summed E-state index contributed by atoms with van der Waals surface area (Å²) >= 11 is 0. The van der Waals surface area contributed by atoms with Crippen molar-refractivity contribution >= 4 is 39.5 Å². The molecule has 0 heterocycles. The lowest BCUT2D eigenvalue weighted by molar-refractivity contribution is -0.119. The van der Waals surface area contributed by atoms with Gasteiger partial charge in [0.15, 0.2) is 6.61 Å². The SMILES string of the molecule is COC(=O)c1cc(NC(=O)COC(=O)c2ccc(S(N)(=O)=O)cc2)cc(C(=O)OC)c1. The fourth-order valence-corrected chi connectivity index (χ4v) is 2.88. The summed E-state index contributed by atoms with van der Waals surface area (Å²) in [5.41, 5.74) is 0.0583. The molecule has 2 aromatic rings. The maximum absolute atomic E-state index is 12.1. The molecule has 0 saturated carbocycles. The monoisotopic (exact) mass is 450 g/mol. The number of sulfonamides is 1. The van der Waals surface area contributed by atoms with E-state index < -0.39 is 40.4 Å². The molecular weight excluding hydrogens is 432 g/mol. The Morgan fingerprint density at radius 3 is 1.81 bits per heavy atom. The Hall–Kier alpha value is -3.77. The van der Waals surface area contributed by atoms with Crippen LogP contribution in [0.2, 0.25) is 0 Å². The van der Waals surface area contributed by atoms with Crippen LogP contribution in [-0.2, 0) is 29.0 Å². The summed E-state index contributed by atoms with van der Waals surface area (Å²) < 4.78 is 36.5. The van der Waals surface area contributed by atoms with Crippen molar-refractivity contribution < 1.29 is 41.8 Å². The molecule has 0 saturated heterocycles. The van der Waals surface area contributed by atoms with E-state index in [0.717, 1.165) is 26.4 Å². The first-order valence-electron chi connectivity index (χ1n) is 8.46. The van der Waals surface area contributed by atoms with Gasteiger partial charge in [-0.3, -0.25) is 4.79 Å². The molecule has 0 bridgehead atoms. The van der Waals surface area contributed by atoms with Gasteiger partial charge in [-0.1, -0.05) is 0 Å². The van der Waals surface area contributed by atoms with Gasteiger partial charge in [0.05, 0.1) is 35.8 Å². The summed E-state index contributed by atoms with van der Waals surface area (Å²) in [6.45, 7) is -0.689. The molecule has 0 fully saturated rings. The van der Waals surface area contributed by atoms with Gasteiger partial charge in [-0.05, 0) is 42.5 Å². The highest BCUT2D eigenvalue weighted by Gasteiger charge is 2.16. The summed E-state index contributed by atoms with van der Waals surface area (Å²) in [4.78, 5) is 47.5. The number of hydrogen-bond acceptors (Lipinski definition) is 9. The van der Waals surface area contributed by atoms with E-state index in [-0.39, 0.29) is 27.3 Å². The zero-order valence-electron chi connectivity index (χ0n) is 16.4. The molecule has 0 unspecified atom stereocenters. The number of amides is 1. The van der Waals surface area contributed by atoms with Gasteiger partial charge in [0, 0.05) is 5.69 Å². The number of benzene rings is 2. The van der Waals surface area contributed by atoms with Crippen molar-refractivity contribution in [2.45, 2.75) is 4.90 Å². The van der Waals surface area contributed by atoms with E-state index in [0.29, 0.717) is 0 Å². The maximum atomic E-state index is 12.1. The van der Waals surface area contributed by atoms with E-state index in [2.05, 4.69) is 14.8 Å². The van der Waals surface area contributed by atoms with Crippen LogP contribution in [0, 0.1) is 0 Å². The van der Waals surface area contributed by atoms with Crippen LogP contribution < -0.4 is 10.5 Å². The van der Waals surface area contributed by atoms with E-state index in [1.807, 2.05) is 0 Å². The van der Waals surface area contributed by atoms with Gasteiger partial charge >= 0.3 is 17.9 Å². The third-order valence-corrected chi connectivity index (χ3v) is 4.74. The second-order valence-corrected chi connectivity index (χ2v) is 7.54. The van der Waals surface area contributed by atoms with E-state index in [9.17, 15) is 27.6 Å². The van der Waals surface area contributed by atoms with Gasteiger partial charge in [-0.2, -0.15) is 0 Å². The first-order valence-corrected chi connectivity index (χ1v) is 10.0. The predicted octanol–water partition coefficient (Wildman–Crippen LogP) is 0.703. The van der Waals surface area contributed by atoms with Crippen LogP contribution in [0.5, 0.6) is 0 Å². The highest BCUT2D eigenvalue weighted by molar-refractivity contribution is 7.89. The molecule has 2 rings (SSSR count). The number of anilines is 1. The number of carbonyl (C=O) groups is 4. The van der Waals surface area contributed by atoms with Crippen LogP contribution in [0.15, 0.2) is 47.4 Å². The van der Waals surface area contributed by atoms with E-state index in [1.165, 1.54) is 30.3 Å². The van der Waals surface area contributed by atoms with Crippen LogP contribution >= 0.6 is 0 Å². The standard InChI is InChI=1S/C19H18N2O9S/c1-28-17(23)12-7-13(18(24)29-2)9-14(8-12)21-16(22)10-30-19(25)11-3-5-15(6-4-11)31(20,26)27/h3-9H,10H2,1-2H3,(H,21,22)(H2,20,26,27). The van der Waals surface area contributed by atoms with E-state index in [4.69, 9.17) is 9.88 Å². The van der Waals surface area contributed by atoms with Crippen LogP contribution in [0.4, 0.5) is 5.69 Å². The number of primary sulfonamides is 1. The number of carbonyl (C=O) groups excluding carboxylic acids is 4. The molecule has 2 aromatic carbocycles. The zero-order valence-corrected chi connectivity index (χ0v) is 17.2. The van der Waals surface area contributed by atoms with Gasteiger partial charge in [0.1, 0.15) is 0 Å². The minimum atomic E-state index is -3.91. The number of methoxy groups -OCH3 is 2. The van der Waals surface area contributed by atoms with Crippen molar-refractivity contribution in [1.82, 2.24) is 0 Å². The molecule has 0 spiro atoms. The molecule has 0 atom stereocenters. The minimum absolute atomic E-state index is 0.000802. The molecular formula is C19H18N2O9S. The van der Waals surface area contributed by atoms with Crippen LogP contribution in [0.1, 0.15) is 31.1 Å². The Labute approximate surface area is 177 Å². The second kappa shape index (κ2) is 9.82. The zero-order chi connectivity index (χ0) is 23.2. The smallest absolute Gasteiger partial charge is 0.338 e. The number of nitrogens with two attached hydrogens (primary N) is 1. The Balaban J connectivity index is 2.07. The first-order chi connectivity index (χ1) is 14.5. The third kappa shape index (κ3) is 6.35. The Bertz CT molecular complexity index is 1090.